The van der Waals surface area contributed by atoms with Crippen LogP contribution in [-0.4, -0.2) is 26.1 Å². The van der Waals surface area contributed by atoms with Crippen LogP contribution in [0.3, 0.4) is 0 Å². The number of nitrogen functional groups attached to an aromatic ring is 1. The summed E-state index contributed by atoms with van der Waals surface area (Å²) in [4.78, 5) is 12.8. The van der Waals surface area contributed by atoms with Crippen LogP contribution in [0, 0.1) is 6.92 Å². The standard InChI is InChI=1S/C11H16N6O/c1-3-18-7-10-14-9(16-12)6-11(15-10)17-5-4-13-8(17)2/h4-6H,3,7,12H2,1-2H3,(H,14,15,16). The molecule has 0 radical (unpaired) electrons. The molecule has 2 aromatic rings. The molecule has 0 fully saturated rings. The van der Waals surface area contributed by atoms with Gasteiger partial charge in [0.1, 0.15) is 24.1 Å². The number of hydrazine groups is 1. The fourth-order valence-corrected chi connectivity index (χ4v) is 1.56. The van der Waals surface area contributed by atoms with Crippen molar-refractivity contribution in [1.82, 2.24) is 19.5 Å². The van der Waals surface area contributed by atoms with Gasteiger partial charge in [-0.25, -0.2) is 20.8 Å². The van der Waals surface area contributed by atoms with Gasteiger partial charge >= 0.3 is 0 Å². The van der Waals surface area contributed by atoms with E-state index in [0.29, 0.717) is 30.7 Å². The number of hydrogen-bond donors (Lipinski definition) is 2. The molecule has 0 aliphatic carbocycles. The van der Waals surface area contributed by atoms with Gasteiger partial charge in [-0.05, 0) is 13.8 Å². The lowest BCUT2D eigenvalue weighted by molar-refractivity contribution is 0.128. The summed E-state index contributed by atoms with van der Waals surface area (Å²) in [7, 11) is 0. The zero-order chi connectivity index (χ0) is 13.0. The van der Waals surface area contributed by atoms with E-state index in [0.717, 1.165) is 5.82 Å². The van der Waals surface area contributed by atoms with Crippen molar-refractivity contribution in [2.75, 3.05) is 12.0 Å². The fraction of sp³-hybridized carbons (Fsp3) is 0.364. The highest BCUT2D eigenvalue weighted by Crippen LogP contribution is 2.12. The van der Waals surface area contributed by atoms with Crippen LogP contribution in [-0.2, 0) is 11.3 Å². The van der Waals surface area contributed by atoms with E-state index in [-0.39, 0.29) is 0 Å². The average molecular weight is 248 g/mol. The fourth-order valence-electron chi connectivity index (χ4n) is 1.56. The minimum absolute atomic E-state index is 0.354. The Bertz CT molecular complexity index is 524. The van der Waals surface area contributed by atoms with Crippen molar-refractivity contribution >= 4 is 5.82 Å². The van der Waals surface area contributed by atoms with E-state index in [9.17, 15) is 0 Å². The van der Waals surface area contributed by atoms with E-state index in [1.54, 1.807) is 12.3 Å². The number of hydrogen-bond acceptors (Lipinski definition) is 6. The summed E-state index contributed by atoms with van der Waals surface area (Å²) >= 11 is 0. The first-order valence-corrected chi connectivity index (χ1v) is 5.67. The van der Waals surface area contributed by atoms with Gasteiger partial charge in [-0.1, -0.05) is 0 Å². The molecule has 0 saturated heterocycles. The summed E-state index contributed by atoms with van der Waals surface area (Å²) in [6.45, 7) is 4.79. The quantitative estimate of drug-likeness (QED) is 0.600. The molecule has 0 saturated carbocycles. The zero-order valence-corrected chi connectivity index (χ0v) is 10.4. The molecule has 0 amide bonds. The molecular formula is C11H16N6O. The van der Waals surface area contributed by atoms with Crippen molar-refractivity contribution in [3.63, 3.8) is 0 Å². The number of ether oxygens (including phenoxy) is 1. The number of nitrogens with two attached hydrogens (primary N) is 1. The molecule has 3 N–H and O–H groups in total. The third-order valence-corrected chi connectivity index (χ3v) is 2.41. The normalized spacial score (nSPS) is 10.6. The number of anilines is 1. The van der Waals surface area contributed by atoms with Crippen molar-refractivity contribution in [3.05, 3.63) is 30.1 Å². The Morgan fingerprint density at radius 1 is 1.44 bits per heavy atom. The van der Waals surface area contributed by atoms with E-state index >= 15 is 0 Å². The highest BCUT2D eigenvalue weighted by atomic mass is 16.5. The summed E-state index contributed by atoms with van der Waals surface area (Å²) in [6.07, 6.45) is 3.55. The summed E-state index contributed by atoms with van der Waals surface area (Å²) in [5.41, 5.74) is 2.53. The van der Waals surface area contributed by atoms with Gasteiger partial charge in [-0.15, -0.1) is 0 Å². The zero-order valence-electron chi connectivity index (χ0n) is 10.4. The minimum Gasteiger partial charge on any atom is -0.374 e. The smallest absolute Gasteiger partial charge is 0.158 e. The largest absolute Gasteiger partial charge is 0.374 e. The predicted octanol–water partition coefficient (Wildman–Crippen LogP) is 0.793. The molecule has 7 heteroatoms. The summed E-state index contributed by atoms with van der Waals surface area (Å²) in [5, 5.41) is 0. The second-order valence-electron chi connectivity index (χ2n) is 3.65. The first kappa shape index (κ1) is 12.5. The molecule has 0 bridgehead atoms. The van der Waals surface area contributed by atoms with Gasteiger partial charge in [-0.2, -0.15) is 0 Å². The maximum atomic E-state index is 5.40. The maximum absolute atomic E-state index is 5.40. The molecule has 2 aromatic heterocycles. The van der Waals surface area contributed by atoms with Gasteiger partial charge in [0.25, 0.3) is 0 Å². The number of nitrogens with zero attached hydrogens (tertiary/aromatic N) is 4. The summed E-state index contributed by atoms with van der Waals surface area (Å²) < 4.78 is 7.16. The molecule has 2 rings (SSSR count). The topological polar surface area (TPSA) is 90.9 Å². The molecule has 0 spiro atoms. The third-order valence-electron chi connectivity index (χ3n) is 2.41. The molecular weight excluding hydrogens is 232 g/mol. The number of nitrogens with one attached hydrogen (secondary N) is 1. The summed E-state index contributed by atoms with van der Waals surface area (Å²) in [6, 6.07) is 1.75. The van der Waals surface area contributed by atoms with Gasteiger partial charge in [0.15, 0.2) is 5.82 Å². The molecule has 18 heavy (non-hydrogen) atoms. The third kappa shape index (κ3) is 2.63. The Kier molecular flexibility index (Phi) is 3.85. The monoisotopic (exact) mass is 248 g/mol. The van der Waals surface area contributed by atoms with Gasteiger partial charge in [-0.3, -0.25) is 4.57 Å². The first-order valence-electron chi connectivity index (χ1n) is 5.67. The van der Waals surface area contributed by atoms with E-state index in [1.807, 2.05) is 24.6 Å². The molecule has 0 aromatic carbocycles. The molecule has 7 nitrogen and oxygen atoms in total. The molecule has 0 aliphatic heterocycles. The lowest BCUT2D eigenvalue weighted by Gasteiger charge is -2.09. The van der Waals surface area contributed by atoms with E-state index in [2.05, 4.69) is 20.4 Å². The van der Waals surface area contributed by atoms with Gasteiger partial charge in [0.05, 0.1) is 0 Å². The van der Waals surface area contributed by atoms with Crippen LogP contribution in [0.1, 0.15) is 18.6 Å². The first-order chi connectivity index (χ1) is 8.74. The number of aryl methyl sites for hydroxylation is 1. The SMILES string of the molecule is CCOCc1nc(NN)cc(-n2ccnc2C)n1. The molecule has 0 unspecified atom stereocenters. The molecule has 0 atom stereocenters. The lowest BCUT2D eigenvalue weighted by Crippen LogP contribution is -2.13. The van der Waals surface area contributed by atoms with Gasteiger partial charge in [0.2, 0.25) is 0 Å². The molecule has 2 heterocycles. The van der Waals surface area contributed by atoms with Gasteiger partial charge in [0, 0.05) is 25.1 Å². The molecule has 96 valence electrons. The van der Waals surface area contributed by atoms with Crippen molar-refractivity contribution in [3.8, 4) is 5.82 Å². The number of aromatic nitrogens is 4. The van der Waals surface area contributed by atoms with Crippen LogP contribution >= 0.6 is 0 Å². The number of imidazole rings is 1. The maximum Gasteiger partial charge on any atom is 0.158 e. The summed E-state index contributed by atoms with van der Waals surface area (Å²) in [5.74, 6) is 8.08. The van der Waals surface area contributed by atoms with E-state index in [4.69, 9.17) is 10.6 Å². The Balaban J connectivity index is 2.38. The van der Waals surface area contributed by atoms with Crippen LogP contribution in [0.25, 0.3) is 5.82 Å². The Hall–Kier alpha value is -1.99. The second-order valence-corrected chi connectivity index (χ2v) is 3.65. The van der Waals surface area contributed by atoms with Crippen molar-refractivity contribution in [1.29, 1.82) is 0 Å². The predicted molar refractivity (Wildman–Crippen MR) is 67.0 cm³/mol. The van der Waals surface area contributed by atoms with Crippen LogP contribution < -0.4 is 11.3 Å². The molecule has 0 aliphatic rings. The van der Waals surface area contributed by atoms with Crippen molar-refractivity contribution < 1.29 is 4.74 Å². The van der Waals surface area contributed by atoms with E-state index in [1.165, 1.54) is 0 Å². The number of rotatable bonds is 5. The van der Waals surface area contributed by atoms with Crippen molar-refractivity contribution in [2.45, 2.75) is 20.5 Å². The Labute approximate surface area is 105 Å². The van der Waals surface area contributed by atoms with Gasteiger partial charge < -0.3 is 10.2 Å². The highest BCUT2D eigenvalue weighted by molar-refractivity contribution is 5.41. The van der Waals surface area contributed by atoms with Crippen LogP contribution in [0.2, 0.25) is 0 Å². The van der Waals surface area contributed by atoms with Crippen molar-refractivity contribution in [2.24, 2.45) is 5.84 Å². The van der Waals surface area contributed by atoms with Crippen LogP contribution in [0.5, 0.6) is 0 Å². The second kappa shape index (κ2) is 5.56. The minimum atomic E-state index is 0.354. The Morgan fingerprint density at radius 2 is 2.28 bits per heavy atom. The highest BCUT2D eigenvalue weighted by Gasteiger charge is 2.07. The van der Waals surface area contributed by atoms with Crippen LogP contribution in [0.4, 0.5) is 5.82 Å². The Morgan fingerprint density at radius 3 is 2.89 bits per heavy atom. The lowest BCUT2D eigenvalue weighted by atomic mass is 10.4. The average Bonchev–Trinajstić information content (AvgIpc) is 2.82. The van der Waals surface area contributed by atoms with Crippen LogP contribution in [0.15, 0.2) is 18.5 Å². The van der Waals surface area contributed by atoms with E-state index < -0.39 is 0 Å².